The maximum absolute atomic E-state index is 11.9. The van der Waals surface area contributed by atoms with E-state index in [1.54, 1.807) is 14.0 Å². The van der Waals surface area contributed by atoms with Crippen LogP contribution in [0.25, 0.3) is 0 Å². The summed E-state index contributed by atoms with van der Waals surface area (Å²) < 4.78 is 17.5. The first-order valence-electron chi connectivity index (χ1n) is 6.75. The van der Waals surface area contributed by atoms with Gasteiger partial charge in [0.2, 0.25) is 0 Å². The van der Waals surface area contributed by atoms with Crippen molar-refractivity contribution in [1.29, 1.82) is 0 Å². The highest BCUT2D eigenvalue weighted by Gasteiger charge is 2.37. The van der Waals surface area contributed by atoms with Gasteiger partial charge in [0, 0.05) is 25.3 Å². The standard InChI is InChI=1S/C13H20N2O6/c1-8-6-15(13(18)14-11(8)17)12-10(20-4-3-19-2)5-9(7-16)21-12/h6,9-10,12,16H,3-5,7H2,1-2H3,(H,14,17,18)/t9-,10+,12+/m0/s1. The van der Waals surface area contributed by atoms with Gasteiger partial charge in [-0.2, -0.15) is 0 Å². The van der Waals surface area contributed by atoms with Crippen LogP contribution in [0.4, 0.5) is 0 Å². The zero-order valence-corrected chi connectivity index (χ0v) is 12.1. The molecule has 21 heavy (non-hydrogen) atoms. The van der Waals surface area contributed by atoms with Crippen LogP contribution < -0.4 is 11.2 Å². The summed E-state index contributed by atoms with van der Waals surface area (Å²) in [5.41, 5.74) is -0.583. The maximum atomic E-state index is 11.9. The average Bonchev–Trinajstić information content (AvgIpc) is 2.86. The van der Waals surface area contributed by atoms with Crippen molar-refractivity contribution < 1.29 is 19.3 Å². The fourth-order valence-electron chi connectivity index (χ4n) is 2.29. The zero-order valence-electron chi connectivity index (χ0n) is 12.1. The fourth-order valence-corrected chi connectivity index (χ4v) is 2.29. The van der Waals surface area contributed by atoms with E-state index in [4.69, 9.17) is 14.2 Å². The first kappa shape index (κ1) is 15.9. The smallest absolute Gasteiger partial charge is 0.330 e. The lowest BCUT2D eigenvalue weighted by molar-refractivity contribution is -0.0787. The van der Waals surface area contributed by atoms with Gasteiger partial charge in [-0.1, -0.05) is 0 Å². The van der Waals surface area contributed by atoms with Gasteiger partial charge in [0.25, 0.3) is 5.56 Å². The van der Waals surface area contributed by atoms with Gasteiger partial charge in [0.05, 0.1) is 25.9 Å². The van der Waals surface area contributed by atoms with Crippen molar-refractivity contribution in [1.82, 2.24) is 9.55 Å². The minimum atomic E-state index is -0.679. The van der Waals surface area contributed by atoms with Crippen LogP contribution in [0.1, 0.15) is 18.2 Å². The number of aliphatic hydroxyl groups excluding tert-OH is 1. The third-order valence-electron chi connectivity index (χ3n) is 3.39. The van der Waals surface area contributed by atoms with Crippen LogP contribution in [0.5, 0.6) is 0 Å². The number of methoxy groups -OCH3 is 1. The predicted molar refractivity (Wildman–Crippen MR) is 73.3 cm³/mol. The monoisotopic (exact) mass is 300 g/mol. The van der Waals surface area contributed by atoms with Crippen LogP contribution in [0.2, 0.25) is 0 Å². The molecule has 0 aromatic carbocycles. The van der Waals surface area contributed by atoms with E-state index < -0.39 is 23.6 Å². The highest BCUT2D eigenvalue weighted by atomic mass is 16.6. The lowest BCUT2D eigenvalue weighted by atomic mass is 10.2. The van der Waals surface area contributed by atoms with Crippen LogP contribution in [-0.2, 0) is 14.2 Å². The lowest BCUT2D eigenvalue weighted by Crippen LogP contribution is -2.37. The third-order valence-corrected chi connectivity index (χ3v) is 3.39. The Morgan fingerprint density at radius 2 is 2.24 bits per heavy atom. The van der Waals surface area contributed by atoms with E-state index >= 15 is 0 Å². The Labute approximate surface area is 121 Å². The molecule has 1 aromatic heterocycles. The molecule has 8 nitrogen and oxygen atoms in total. The van der Waals surface area contributed by atoms with E-state index in [0.29, 0.717) is 25.2 Å². The number of ether oxygens (including phenoxy) is 3. The van der Waals surface area contributed by atoms with Crippen molar-refractivity contribution in [3.05, 3.63) is 32.6 Å². The molecule has 8 heteroatoms. The summed E-state index contributed by atoms with van der Waals surface area (Å²) in [4.78, 5) is 25.6. The summed E-state index contributed by atoms with van der Waals surface area (Å²) in [5.74, 6) is 0. The van der Waals surface area contributed by atoms with Gasteiger partial charge >= 0.3 is 5.69 Å². The lowest BCUT2D eigenvalue weighted by Gasteiger charge is -2.21. The Morgan fingerprint density at radius 3 is 2.90 bits per heavy atom. The molecule has 1 aliphatic heterocycles. The summed E-state index contributed by atoms with van der Waals surface area (Å²) in [6.07, 6.45) is 0.442. The summed E-state index contributed by atoms with van der Waals surface area (Å²) in [7, 11) is 1.57. The summed E-state index contributed by atoms with van der Waals surface area (Å²) in [6, 6.07) is 0. The number of H-pyrrole nitrogens is 1. The molecule has 118 valence electrons. The molecule has 0 bridgehead atoms. The number of rotatable bonds is 6. The molecule has 0 spiro atoms. The summed E-state index contributed by atoms with van der Waals surface area (Å²) in [5, 5.41) is 9.24. The van der Waals surface area contributed by atoms with Crippen LogP contribution >= 0.6 is 0 Å². The number of hydrogen-bond donors (Lipinski definition) is 2. The Morgan fingerprint density at radius 1 is 1.48 bits per heavy atom. The molecule has 2 heterocycles. The normalized spacial score (nSPS) is 25.4. The number of aromatic amines is 1. The fraction of sp³-hybridized carbons (Fsp3) is 0.692. The second kappa shape index (κ2) is 6.99. The number of aromatic nitrogens is 2. The Balaban J connectivity index is 2.24. The largest absolute Gasteiger partial charge is 0.394 e. The average molecular weight is 300 g/mol. The first-order chi connectivity index (χ1) is 10.1. The molecule has 0 radical (unpaired) electrons. The van der Waals surface area contributed by atoms with E-state index in [9.17, 15) is 14.7 Å². The van der Waals surface area contributed by atoms with E-state index in [-0.39, 0.29) is 12.7 Å². The molecular weight excluding hydrogens is 280 g/mol. The number of aryl methyl sites for hydroxylation is 1. The van der Waals surface area contributed by atoms with Crippen LogP contribution in [0, 0.1) is 6.92 Å². The van der Waals surface area contributed by atoms with E-state index in [2.05, 4.69) is 4.98 Å². The SMILES string of the molecule is COCCO[C@@H]1C[C@@H](CO)O[C@H]1n1cc(C)c(=O)[nH]c1=O. The van der Waals surface area contributed by atoms with Gasteiger partial charge in [0.15, 0.2) is 6.23 Å². The molecule has 1 saturated heterocycles. The minimum absolute atomic E-state index is 0.155. The summed E-state index contributed by atoms with van der Waals surface area (Å²) >= 11 is 0. The number of nitrogens with one attached hydrogen (secondary N) is 1. The van der Waals surface area contributed by atoms with Gasteiger partial charge in [-0.3, -0.25) is 14.3 Å². The molecule has 2 N–H and O–H groups in total. The molecule has 2 rings (SSSR count). The van der Waals surface area contributed by atoms with Crippen LogP contribution in [0.3, 0.4) is 0 Å². The van der Waals surface area contributed by atoms with Crippen molar-refractivity contribution in [3.8, 4) is 0 Å². The van der Waals surface area contributed by atoms with Crippen molar-refractivity contribution in [2.45, 2.75) is 31.8 Å². The van der Waals surface area contributed by atoms with Crippen molar-refractivity contribution in [3.63, 3.8) is 0 Å². The molecule has 1 fully saturated rings. The second-order valence-corrected chi connectivity index (χ2v) is 4.95. The van der Waals surface area contributed by atoms with Gasteiger partial charge in [-0.25, -0.2) is 4.79 Å². The van der Waals surface area contributed by atoms with E-state index in [0.717, 1.165) is 0 Å². The third kappa shape index (κ3) is 3.59. The zero-order chi connectivity index (χ0) is 15.4. The Hall–Kier alpha value is -1.48. The number of nitrogens with zero attached hydrogens (tertiary/aromatic N) is 1. The highest BCUT2D eigenvalue weighted by molar-refractivity contribution is 5.02. The van der Waals surface area contributed by atoms with E-state index in [1.165, 1.54) is 10.8 Å². The molecule has 0 amide bonds. The number of hydrogen-bond acceptors (Lipinski definition) is 6. The number of aliphatic hydroxyl groups is 1. The van der Waals surface area contributed by atoms with Gasteiger partial charge in [0.1, 0.15) is 6.10 Å². The molecule has 1 aromatic rings. The van der Waals surface area contributed by atoms with Crippen LogP contribution in [0.15, 0.2) is 15.8 Å². The van der Waals surface area contributed by atoms with E-state index in [1.807, 2.05) is 0 Å². The molecular formula is C13H20N2O6. The molecule has 0 unspecified atom stereocenters. The Kier molecular flexibility index (Phi) is 5.29. The van der Waals surface area contributed by atoms with Crippen LogP contribution in [-0.4, -0.2) is 53.8 Å². The van der Waals surface area contributed by atoms with Gasteiger partial charge in [-0.05, 0) is 6.92 Å². The van der Waals surface area contributed by atoms with Crippen molar-refractivity contribution >= 4 is 0 Å². The first-order valence-corrected chi connectivity index (χ1v) is 6.75. The second-order valence-electron chi connectivity index (χ2n) is 4.95. The molecule has 0 aliphatic carbocycles. The topological polar surface area (TPSA) is 103 Å². The highest BCUT2D eigenvalue weighted by Crippen LogP contribution is 2.30. The van der Waals surface area contributed by atoms with Gasteiger partial charge < -0.3 is 19.3 Å². The predicted octanol–water partition coefficient (Wildman–Crippen LogP) is -0.844. The van der Waals surface area contributed by atoms with Crippen molar-refractivity contribution in [2.24, 2.45) is 0 Å². The van der Waals surface area contributed by atoms with Crippen molar-refractivity contribution in [2.75, 3.05) is 26.9 Å². The molecule has 3 atom stereocenters. The maximum Gasteiger partial charge on any atom is 0.330 e. The quantitative estimate of drug-likeness (QED) is 0.664. The Bertz CT molecular complexity index is 581. The molecule has 0 saturated carbocycles. The van der Waals surface area contributed by atoms with Gasteiger partial charge in [-0.15, -0.1) is 0 Å². The summed E-state index contributed by atoms with van der Waals surface area (Å²) in [6.45, 7) is 2.23. The minimum Gasteiger partial charge on any atom is -0.394 e. The molecule has 1 aliphatic rings.